The fourth-order valence-electron chi connectivity index (χ4n) is 5.08. The topological polar surface area (TPSA) is 87.2 Å². The van der Waals surface area contributed by atoms with E-state index in [0.717, 1.165) is 64.6 Å². The average molecular weight is 558 g/mol. The number of aromatic nitrogens is 2. The smallest absolute Gasteiger partial charge is 0.250 e. The molecule has 5 rings (SSSR count). The molecule has 10 heteroatoms. The first kappa shape index (κ1) is 26.2. The minimum Gasteiger partial charge on any atom is -0.362 e. The number of hydrogen-bond acceptors (Lipinski definition) is 7. The van der Waals surface area contributed by atoms with Gasteiger partial charge in [-0.05, 0) is 85.7 Å². The van der Waals surface area contributed by atoms with Gasteiger partial charge in [-0.1, -0.05) is 23.7 Å². The first-order valence-corrected chi connectivity index (χ1v) is 15.3. The third-order valence-corrected chi connectivity index (χ3v) is 10.7. The standard InChI is InChI=1S/C27H32ClN5O2S2/c1-17-22-14-20(28)12-13-24(22)36-26(17)37(34,35)30-16-19-10-8-18(9-11-19)15-29-27-31-23-7-5-4-6-21(23)25(32-27)33(2)3/h4-7,12-14,18-19,30H,8-11,15-16H2,1-3H3,(H,29,31,32). The van der Waals surface area contributed by atoms with E-state index in [4.69, 9.17) is 21.6 Å². The second kappa shape index (κ2) is 10.7. The molecule has 0 aliphatic heterocycles. The summed E-state index contributed by atoms with van der Waals surface area (Å²) >= 11 is 7.42. The molecular formula is C27H32ClN5O2S2. The highest BCUT2D eigenvalue weighted by Gasteiger charge is 2.26. The van der Waals surface area contributed by atoms with Gasteiger partial charge in [-0.15, -0.1) is 11.3 Å². The number of anilines is 2. The monoisotopic (exact) mass is 557 g/mol. The first-order valence-electron chi connectivity index (χ1n) is 12.6. The fraction of sp³-hybridized carbons (Fsp3) is 0.407. The van der Waals surface area contributed by atoms with Gasteiger partial charge in [0.1, 0.15) is 10.0 Å². The Morgan fingerprint density at radius 1 is 1.00 bits per heavy atom. The summed E-state index contributed by atoms with van der Waals surface area (Å²) in [6.45, 7) is 3.13. The second-order valence-electron chi connectivity index (χ2n) is 10.1. The highest BCUT2D eigenvalue weighted by Crippen LogP contribution is 2.36. The summed E-state index contributed by atoms with van der Waals surface area (Å²) in [4.78, 5) is 11.4. The lowest BCUT2D eigenvalue weighted by Gasteiger charge is -2.28. The molecule has 4 aromatic rings. The third-order valence-electron chi connectivity index (χ3n) is 7.18. The van der Waals surface area contributed by atoms with E-state index in [-0.39, 0.29) is 0 Å². The molecule has 7 nitrogen and oxygen atoms in total. The van der Waals surface area contributed by atoms with Crippen molar-refractivity contribution < 1.29 is 8.42 Å². The van der Waals surface area contributed by atoms with E-state index >= 15 is 0 Å². The summed E-state index contributed by atoms with van der Waals surface area (Å²) < 4.78 is 30.4. The maximum absolute atomic E-state index is 13.1. The van der Waals surface area contributed by atoms with Gasteiger partial charge in [0.25, 0.3) is 0 Å². The lowest BCUT2D eigenvalue weighted by molar-refractivity contribution is 0.284. The Kier molecular flexibility index (Phi) is 7.58. The Labute approximate surface area is 227 Å². The molecular weight excluding hydrogens is 526 g/mol. The predicted octanol–water partition coefficient (Wildman–Crippen LogP) is 6.07. The van der Waals surface area contributed by atoms with Crippen molar-refractivity contribution in [2.24, 2.45) is 11.8 Å². The van der Waals surface area contributed by atoms with Gasteiger partial charge >= 0.3 is 0 Å². The number of nitrogens with one attached hydrogen (secondary N) is 2. The molecule has 1 saturated carbocycles. The van der Waals surface area contributed by atoms with Gasteiger partial charge in [0.15, 0.2) is 0 Å². The van der Waals surface area contributed by atoms with Crippen LogP contribution in [-0.4, -0.2) is 45.6 Å². The number of aryl methyl sites for hydroxylation is 1. The number of rotatable bonds is 8. The molecule has 0 amide bonds. The Bertz CT molecular complexity index is 1530. The summed E-state index contributed by atoms with van der Waals surface area (Å²) in [6, 6.07) is 13.6. The van der Waals surface area contributed by atoms with Crippen molar-refractivity contribution in [2.75, 3.05) is 37.4 Å². The highest BCUT2D eigenvalue weighted by atomic mass is 35.5. The summed E-state index contributed by atoms with van der Waals surface area (Å²) in [6.07, 6.45) is 4.09. The van der Waals surface area contributed by atoms with Crippen molar-refractivity contribution in [1.29, 1.82) is 0 Å². The van der Waals surface area contributed by atoms with Crippen LogP contribution in [0.25, 0.3) is 21.0 Å². The van der Waals surface area contributed by atoms with E-state index in [0.29, 0.717) is 33.6 Å². The molecule has 2 heterocycles. The van der Waals surface area contributed by atoms with Crippen molar-refractivity contribution in [1.82, 2.24) is 14.7 Å². The Balaban J connectivity index is 1.15. The molecule has 0 unspecified atom stereocenters. The van der Waals surface area contributed by atoms with Gasteiger partial charge in [0, 0.05) is 42.3 Å². The fourth-order valence-corrected chi connectivity index (χ4v) is 8.15. The molecule has 0 radical (unpaired) electrons. The maximum Gasteiger partial charge on any atom is 0.250 e. The van der Waals surface area contributed by atoms with Crippen LogP contribution in [0.3, 0.4) is 0 Å². The van der Waals surface area contributed by atoms with Crippen molar-refractivity contribution in [3.63, 3.8) is 0 Å². The van der Waals surface area contributed by atoms with E-state index in [1.165, 1.54) is 11.3 Å². The van der Waals surface area contributed by atoms with E-state index in [1.54, 1.807) is 6.07 Å². The van der Waals surface area contributed by atoms with Crippen LogP contribution in [-0.2, 0) is 10.0 Å². The lowest BCUT2D eigenvalue weighted by Crippen LogP contribution is -2.32. The van der Waals surface area contributed by atoms with Crippen molar-refractivity contribution in [3.05, 3.63) is 53.1 Å². The molecule has 0 atom stereocenters. The first-order chi connectivity index (χ1) is 17.7. The molecule has 37 heavy (non-hydrogen) atoms. The molecule has 0 bridgehead atoms. The van der Waals surface area contributed by atoms with Crippen LogP contribution in [0.15, 0.2) is 46.7 Å². The van der Waals surface area contributed by atoms with E-state index < -0.39 is 10.0 Å². The number of hydrogen-bond donors (Lipinski definition) is 2. The molecule has 196 valence electrons. The molecule has 2 N–H and O–H groups in total. The zero-order valence-corrected chi connectivity index (χ0v) is 23.7. The number of para-hydroxylation sites is 1. The van der Waals surface area contributed by atoms with Crippen molar-refractivity contribution in [2.45, 2.75) is 36.8 Å². The van der Waals surface area contributed by atoms with Gasteiger partial charge < -0.3 is 10.2 Å². The molecule has 1 fully saturated rings. The molecule has 2 aromatic heterocycles. The summed E-state index contributed by atoms with van der Waals surface area (Å²) in [7, 11) is 0.422. The molecule has 0 saturated heterocycles. The average Bonchev–Trinajstić information content (AvgIpc) is 3.22. The normalized spacial score (nSPS) is 18.4. The summed E-state index contributed by atoms with van der Waals surface area (Å²) in [5.74, 6) is 2.41. The Morgan fingerprint density at radius 2 is 1.70 bits per heavy atom. The van der Waals surface area contributed by atoms with Crippen LogP contribution in [0.5, 0.6) is 0 Å². The number of benzene rings is 2. The van der Waals surface area contributed by atoms with Crippen LogP contribution in [0.2, 0.25) is 5.02 Å². The molecule has 1 aliphatic rings. The minimum atomic E-state index is -3.56. The Hall–Kier alpha value is -2.46. The van der Waals surface area contributed by atoms with Gasteiger partial charge in [0.05, 0.1) is 5.52 Å². The number of nitrogens with zero attached hydrogens (tertiary/aromatic N) is 3. The zero-order valence-electron chi connectivity index (χ0n) is 21.3. The van der Waals surface area contributed by atoms with Crippen LogP contribution in [0.1, 0.15) is 31.2 Å². The maximum atomic E-state index is 13.1. The van der Waals surface area contributed by atoms with Gasteiger partial charge in [-0.25, -0.2) is 18.1 Å². The van der Waals surface area contributed by atoms with Crippen LogP contribution < -0.4 is 14.9 Å². The number of halogens is 1. The lowest BCUT2D eigenvalue weighted by atomic mass is 9.82. The largest absolute Gasteiger partial charge is 0.362 e. The van der Waals surface area contributed by atoms with Crippen molar-refractivity contribution >= 4 is 65.7 Å². The van der Waals surface area contributed by atoms with Gasteiger partial charge in [-0.3, -0.25) is 0 Å². The van der Waals surface area contributed by atoms with Crippen LogP contribution in [0.4, 0.5) is 11.8 Å². The number of thiophene rings is 1. The Morgan fingerprint density at radius 3 is 2.43 bits per heavy atom. The quantitative estimate of drug-likeness (QED) is 0.273. The number of fused-ring (bicyclic) bond motifs is 2. The van der Waals surface area contributed by atoms with Gasteiger partial charge in [-0.2, -0.15) is 4.98 Å². The van der Waals surface area contributed by atoms with E-state index in [2.05, 4.69) is 10.0 Å². The second-order valence-corrected chi connectivity index (χ2v) is 13.5. The van der Waals surface area contributed by atoms with Crippen LogP contribution in [0, 0.1) is 18.8 Å². The van der Waals surface area contributed by atoms with Gasteiger partial charge in [0.2, 0.25) is 16.0 Å². The van der Waals surface area contributed by atoms with E-state index in [9.17, 15) is 8.42 Å². The summed E-state index contributed by atoms with van der Waals surface area (Å²) in [5.41, 5.74) is 1.69. The third kappa shape index (κ3) is 5.70. The number of sulfonamides is 1. The van der Waals surface area contributed by atoms with Crippen LogP contribution >= 0.6 is 22.9 Å². The molecule has 0 spiro atoms. The highest BCUT2D eigenvalue weighted by molar-refractivity contribution is 7.91. The molecule has 1 aliphatic carbocycles. The SMILES string of the molecule is Cc1c(S(=O)(=O)NCC2CCC(CNc3nc(N(C)C)c4ccccc4n3)CC2)sc2ccc(Cl)cc12. The summed E-state index contributed by atoms with van der Waals surface area (Å²) in [5, 5.41) is 6.00. The van der Waals surface area contributed by atoms with E-state index in [1.807, 2.05) is 62.3 Å². The van der Waals surface area contributed by atoms with Crippen molar-refractivity contribution in [3.8, 4) is 0 Å². The zero-order chi connectivity index (χ0) is 26.2. The minimum absolute atomic E-state index is 0.340. The molecule has 2 aromatic carbocycles. The predicted molar refractivity (Wildman–Crippen MR) is 155 cm³/mol.